The Labute approximate surface area is 185 Å². The molecule has 166 valence electrons. The van der Waals surface area contributed by atoms with Gasteiger partial charge in [0.2, 0.25) is 5.91 Å². The number of carbonyl (C=O) groups is 1. The van der Waals surface area contributed by atoms with Crippen molar-refractivity contribution in [1.29, 1.82) is 0 Å². The molecular formula is C24H26N4O4. The van der Waals surface area contributed by atoms with Gasteiger partial charge in [-0.1, -0.05) is 18.6 Å². The smallest absolute Gasteiger partial charge is 0.258 e. The lowest BCUT2D eigenvalue weighted by molar-refractivity contribution is -0.117. The van der Waals surface area contributed by atoms with E-state index in [1.807, 2.05) is 24.3 Å². The molecule has 2 heterocycles. The minimum Gasteiger partial charge on any atom is -0.448 e. The number of para-hydroxylation sites is 1. The number of carbonyl (C=O) groups excluding carboxylic acids is 1. The summed E-state index contributed by atoms with van der Waals surface area (Å²) < 4.78 is 12.2. The van der Waals surface area contributed by atoms with Crippen molar-refractivity contribution in [3.8, 4) is 11.5 Å². The number of ether oxygens (including phenoxy) is 2. The van der Waals surface area contributed by atoms with Gasteiger partial charge in [-0.05, 0) is 44.2 Å². The SMILES string of the molecule is CN(CC(=O)Nc1ccc2c(c1)OC1(CCCCC1)O2)Cc1nc2ccccc2c(=O)[nH]1. The number of fused-ring (bicyclic) bond motifs is 2. The molecule has 1 aliphatic carbocycles. The molecule has 32 heavy (non-hydrogen) atoms. The van der Waals surface area contributed by atoms with Crippen molar-refractivity contribution in [3.05, 3.63) is 58.6 Å². The molecule has 2 N–H and O–H groups in total. The molecule has 2 aromatic carbocycles. The largest absolute Gasteiger partial charge is 0.448 e. The van der Waals surface area contributed by atoms with Crippen LogP contribution in [-0.2, 0) is 11.3 Å². The first-order valence-electron chi connectivity index (χ1n) is 11.0. The zero-order chi connectivity index (χ0) is 22.1. The zero-order valence-corrected chi connectivity index (χ0v) is 18.0. The molecule has 8 heteroatoms. The van der Waals surface area contributed by atoms with Crippen molar-refractivity contribution in [1.82, 2.24) is 14.9 Å². The Bertz CT molecular complexity index is 1220. The lowest BCUT2D eigenvalue weighted by atomic mass is 9.94. The third kappa shape index (κ3) is 4.18. The van der Waals surface area contributed by atoms with E-state index in [0.29, 0.717) is 34.7 Å². The molecule has 0 radical (unpaired) electrons. The highest BCUT2D eigenvalue weighted by atomic mass is 16.7. The molecule has 1 aromatic heterocycles. The molecule has 1 fully saturated rings. The van der Waals surface area contributed by atoms with Crippen LogP contribution >= 0.6 is 0 Å². The third-order valence-electron chi connectivity index (χ3n) is 5.93. The Balaban J connectivity index is 1.20. The van der Waals surface area contributed by atoms with Crippen molar-refractivity contribution in [2.45, 2.75) is 44.4 Å². The van der Waals surface area contributed by atoms with E-state index in [1.165, 1.54) is 6.42 Å². The monoisotopic (exact) mass is 434 g/mol. The fourth-order valence-electron chi connectivity index (χ4n) is 4.43. The minimum atomic E-state index is -0.535. The minimum absolute atomic E-state index is 0.148. The van der Waals surface area contributed by atoms with Crippen LogP contribution in [0.5, 0.6) is 11.5 Å². The van der Waals surface area contributed by atoms with Crippen LogP contribution in [0.15, 0.2) is 47.3 Å². The van der Waals surface area contributed by atoms with Crippen molar-refractivity contribution in [2.24, 2.45) is 0 Å². The predicted octanol–water partition coefficient (Wildman–Crippen LogP) is 3.43. The van der Waals surface area contributed by atoms with Gasteiger partial charge in [0.15, 0.2) is 11.5 Å². The summed E-state index contributed by atoms with van der Waals surface area (Å²) in [5.41, 5.74) is 1.12. The first-order chi connectivity index (χ1) is 15.5. The van der Waals surface area contributed by atoms with Crippen molar-refractivity contribution < 1.29 is 14.3 Å². The zero-order valence-electron chi connectivity index (χ0n) is 18.0. The lowest BCUT2D eigenvalue weighted by Gasteiger charge is -2.31. The van der Waals surface area contributed by atoms with Gasteiger partial charge in [0.05, 0.1) is 24.0 Å². The highest BCUT2D eigenvalue weighted by molar-refractivity contribution is 5.92. The second-order valence-corrected chi connectivity index (χ2v) is 8.59. The number of benzene rings is 2. The number of hydrogen-bond donors (Lipinski definition) is 2. The van der Waals surface area contributed by atoms with Crippen LogP contribution in [0.2, 0.25) is 0 Å². The van der Waals surface area contributed by atoms with E-state index >= 15 is 0 Å². The maximum atomic E-state index is 12.6. The Hall–Kier alpha value is -3.39. The van der Waals surface area contributed by atoms with Crippen LogP contribution < -0.4 is 20.3 Å². The van der Waals surface area contributed by atoms with Crippen molar-refractivity contribution >= 4 is 22.5 Å². The molecule has 5 rings (SSSR count). The summed E-state index contributed by atoms with van der Waals surface area (Å²) in [6.07, 6.45) is 5.18. The van der Waals surface area contributed by atoms with E-state index in [4.69, 9.17) is 9.47 Å². The normalized spacial score (nSPS) is 16.6. The third-order valence-corrected chi connectivity index (χ3v) is 5.93. The predicted molar refractivity (Wildman–Crippen MR) is 121 cm³/mol. The van der Waals surface area contributed by atoms with Gasteiger partial charge in [-0.25, -0.2) is 4.98 Å². The van der Waals surface area contributed by atoms with Gasteiger partial charge in [0, 0.05) is 24.6 Å². The maximum Gasteiger partial charge on any atom is 0.258 e. The average Bonchev–Trinajstić information content (AvgIpc) is 3.10. The Kier molecular flexibility index (Phi) is 5.30. The van der Waals surface area contributed by atoms with Gasteiger partial charge >= 0.3 is 0 Å². The molecule has 3 aromatic rings. The molecule has 1 saturated carbocycles. The van der Waals surface area contributed by atoms with Gasteiger partial charge in [-0.2, -0.15) is 0 Å². The summed E-state index contributed by atoms with van der Waals surface area (Å²) in [4.78, 5) is 33.9. The van der Waals surface area contributed by atoms with Gasteiger partial charge in [0.25, 0.3) is 11.3 Å². The highest BCUT2D eigenvalue weighted by Gasteiger charge is 2.42. The number of H-pyrrole nitrogens is 1. The van der Waals surface area contributed by atoms with Crippen LogP contribution in [0.4, 0.5) is 5.69 Å². The molecule has 2 aliphatic rings. The summed E-state index contributed by atoms with van der Waals surface area (Å²) in [7, 11) is 1.81. The fraction of sp³-hybridized carbons (Fsp3) is 0.375. The maximum absolute atomic E-state index is 12.6. The second kappa shape index (κ2) is 8.27. The summed E-state index contributed by atoms with van der Waals surface area (Å²) in [5.74, 6) is 1.23. The van der Waals surface area contributed by atoms with E-state index in [-0.39, 0.29) is 18.0 Å². The number of amides is 1. The van der Waals surface area contributed by atoms with Crippen molar-refractivity contribution in [3.63, 3.8) is 0 Å². The van der Waals surface area contributed by atoms with Gasteiger partial charge < -0.3 is 19.8 Å². The van der Waals surface area contributed by atoms with Gasteiger partial charge in [-0.15, -0.1) is 0 Å². The molecule has 0 saturated heterocycles. The van der Waals surface area contributed by atoms with Crippen LogP contribution in [0.1, 0.15) is 37.9 Å². The van der Waals surface area contributed by atoms with E-state index < -0.39 is 5.79 Å². The number of hydrogen-bond acceptors (Lipinski definition) is 6. The molecule has 1 spiro atoms. The molecule has 1 amide bonds. The standard InChI is InChI=1S/C24H26N4O4/c1-28(14-21-26-18-8-4-3-7-17(18)23(30)27-21)15-22(29)25-16-9-10-19-20(13-16)32-24(31-19)11-5-2-6-12-24/h3-4,7-10,13H,2,5-6,11-12,14-15H2,1H3,(H,25,29)(H,26,27,30). The summed E-state index contributed by atoms with van der Waals surface area (Å²) >= 11 is 0. The molecule has 8 nitrogen and oxygen atoms in total. The number of aromatic nitrogens is 2. The molecule has 1 aliphatic heterocycles. The van der Waals surface area contributed by atoms with Crippen LogP contribution in [-0.4, -0.2) is 40.2 Å². The van der Waals surface area contributed by atoms with Gasteiger partial charge in [0.1, 0.15) is 5.82 Å². The fourth-order valence-corrected chi connectivity index (χ4v) is 4.43. The average molecular weight is 434 g/mol. The topological polar surface area (TPSA) is 96.6 Å². The first-order valence-corrected chi connectivity index (χ1v) is 11.0. The van der Waals surface area contributed by atoms with Crippen LogP contribution in [0.25, 0.3) is 10.9 Å². The number of nitrogens with zero attached hydrogens (tertiary/aromatic N) is 2. The highest BCUT2D eigenvalue weighted by Crippen LogP contribution is 2.46. The van der Waals surface area contributed by atoms with E-state index in [1.54, 1.807) is 30.1 Å². The van der Waals surface area contributed by atoms with Crippen molar-refractivity contribution in [2.75, 3.05) is 18.9 Å². The first kappa shape index (κ1) is 20.5. The molecule has 0 atom stereocenters. The molecule has 0 unspecified atom stereocenters. The van der Waals surface area contributed by atoms with E-state index in [9.17, 15) is 9.59 Å². The van der Waals surface area contributed by atoms with E-state index in [0.717, 1.165) is 31.4 Å². The quantitative estimate of drug-likeness (QED) is 0.639. The summed E-state index contributed by atoms with van der Waals surface area (Å²) in [6.45, 7) is 0.492. The number of rotatable bonds is 5. The number of nitrogens with one attached hydrogen (secondary N) is 2. The summed E-state index contributed by atoms with van der Waals surface area (Å²) in [5, 5.41) is 3.46. The Morgan fingerprint density at radius 3 is 2.75 bits per heavy atom. The van der Waals surface area contributed by atoms with E-state index in [2.05, 4.69) is 15.3 Å². The number of anilines is 1. The van der Waals surface area contributed by atoms with Crippen LogP contribution in [0.3, 0.4) is 0 Å². The van der Waals surface area contributed by atoms with Crippen LogP contribution in [0, 0.1) is 0 Å². The summed E-state index contributed by atoms with van der Waals surface area (Å²) in [6, 6.07) is 12.7. The lowest BCUT2D eigenvalue weighted by Crippen LogP contribution is -2.40. The number of aromatic amines is 1. The molecular weight excluding hydrogens is 408 g/mol. The number of likely N-dealkylation sites (N-methyl/N-ethyl adjacent to an activating group) is 1. The molecule has 0 bridgehead atoms. The second-order valence-electron chi connectivity index (χ2n) is 8.59. The Morgan fingerprint density at radius 1 is 1.12 bits per heavy atom. The Morgan fingerprint density at radius 2 is 1.91 bits per heavy atom. The van der Waals surface area contributed by atoms with Gasteiger partial charge in [-0.3, -0.25) is 14.5 Å².